The van der Waals surface area contributed by atoms with Crippen LogP contribution in [0.2, 0.25) is 0 Å². The minimum atomic E-state index is -0.139. The van der Waals surface area contributed by atoms with E-state index in [2.05, 4.69) is 9.88 Å². The first-order chi connectivity index (χ1) is 8.72. The lowest BCUT2D eigenvalue weighted by Gasteiger charge is -2.25. The maximum absolute atomic E-state index is 11.9. The topological polar surface area (TPSA) is 50.8 Å². The Morgan fingerprint density at radius 2 is 2.06 bits per heavy atom. The Kier molecular flexibility index (Phi) is 2.91. The average Bonchev–Trinajstić information content (AvgIpc) is 2.72. The normalized spacial score (nSPS) is 17.4. The highest BCUT2D eigenvalue weighted by molar-refractivity contribution is 5.37. The number of piperidine rings is 1. The van der Waals surface area contributed by atoms with Gasteiger partial charge in [-0.15, -0.1) is 4.57 Å². The third kappa shape index (κ3) is 2.18. The molecule has 0 aliphatic carbocycles. The SMILES string of the molecule is Cc1cc2nc(CN3CCCCC3)cc(=O)n2o1. The van der Waals surface area contributed by atoms with Crippen molar-refractivity contribution in [2.75, 3.05) is 13.1 Å². The molecule has 3 heterocycles. The first kappa shape index (κ1) is 11.5. The number of hydrogen-bond donors (Lipinski definition) is 0. The summed E-state index contributed by atoms with van der Waals surface area (Å²) in [6, 6.07) is 3.37. The van der Waals surface area contributed by atoms with Crippen molar-refractivity contribution >= 4 is 5.65 Å². The Bertz CT molecular complexity index is 608. The molecule has 2 aromatic rings. The molecule has 1 aliphatic rings. The fourth-order valence-corrected chi connectivity index (χ4v) is 2.50. The predicted molar refractivity (Wildman–Crippen MR) is 67.6 cm³/mol. The maximum atomic E-state index is 11.9. The summed E-state index contributed by atoms with van der Waals surface area (Å²) in [6.07, 6.45) is 3.80. The Morgan fingerprint density at radius 1 is 1.28 bits per heavy atom. The molecule has 96 valence electrons. The van der Waals surface area contributed by atoms with E-state index in [-0.39, 0.29) is 5.56 Å². The summed E-state index contributed by atoms with van der Waals surface area (Å²) in [5.74, 6) is 0.703. The van der Waals surface area contributed by atoms with Crippen LogP contribution in [0.25, 0.3) is 5.65 Å². The van der Waals surface area contributed by atoms with E-state index in [0.29, 0.717) is 11.4 Å². The van der Waals surface area contributed by atoms with Gasteiger partial charge in [0, 0.05) is 18.7 Å². The zero-order valence-corrected chi connectivity index (χ0v) is 10.6. The van der Waals surface area contributed by atoms with Crippen LogP contribution in [-0.2, 0) is 6.54 Å². The lowest BCUT2D eigenvalue weighted by molar-refractivity contribution is 0.218. The smallest absolute Gasteiger partial charge is 0.287 e. The highest BCUT2D eigenvalue weighted by Crippen LogP contribution is 2.12. The number of nitrogens with zero attached hydrogens (tertiary/aromatic N) is 3. The van der Waals surface area contributed by atoms with Crippen LogP contribution in [0.15, 0.2) is 21.5 Å². The molecule has 0 aromatic carbocycles. The summed E-state index contributed by atoms with van der Waals surface area (Å²) in [5.41, 5.74) is 1.30. The van der Waals surface area contributed by atoms with Crippen LogP contribution >= 0.6 is 0 Å². The third-order valence-corrected chi connectivity index (χ3v) is 3.36. The van der Waals surface area contributed by atoms with Gasteiger partial charge in [0.1, 0.15) is 5.76 Å². The molecule has 0 atom stereocenters. The van der Waals surface area contributed by atoms with Gasteiger partial charge in [-0.2, -0.15) is 0 Å². The van der Waals surface area contributed by atoms with Gasteiger partial charge in [0.15, 0.2) is 5.65 Å². The molecule has 0 N–H and O–H groups in total. The van der Waals surface area contributed by atoms with Crippen molar-refractivity contribution in [3.05, 3.63) is 33.9 Å². The number of aromatic nitrogens is 2. The largest absolute Gasteiger partial charge is 0.375 e. The molecule has 0 amide bonds. The van der Waals surface area contributed by atoms with Crippen LogP contribution < -0.4 is 5.56 Å². The molecule has 1 saturated heterocycles. The highest BCUT2D eigenvalue weighted by atomic mass is 16.5. The fraction of sp³-hybridized carbons (Fsp3) is 0.538. The maximum Gasteiger partial charge on any atom is 0.287 e. The predicted octanol–water partition coefficient (Wildman–Crippen LogP) is 1.58. The molecule has 1 fully saturated rings. The van der Waals surface area contributed by atoms with Gasteiger partial charge in [0.25, 0.3) is 5.56 Å². The fourth-order valence-electron chi connectivity index (χ4n) is 2.50. The number of aryl methyl sites for hydroxylation is 1. The quantitative estimate of drug-likeness (QED) is 0.808. The van der Waals surface area contributed by atoms with E-state index in [4.69, 9.17) is 4.52 Å². The second-order valence-corrected chi connectivity index (χ2v) is 4.92. The second kappa shape index (κ2) is 4.57. The third-order valence-electron chi connectivity index (χ3n) is 3.36. The summed E-state index contributed by atoms with van der Waals surface area (Å²) in [4.78, 5) is 18.7. The Hall–Kier alpha value is -1.62. The lowest BCUT2D eigenvalue weighted by atomic mass is 10.1. The Labute approximate surface area is 105 Å². The van der Waals surface area contributed by atoms with Crippen LogP contribution in [0, 0.1) is 6.92 Å². The van der Waals surface area contributed by atoms with E-state index in [1.165, 1.54) is 23.8 Å². The number of likely N-dealkylation sites (tertiary alicyclic amines) is 1. The Balaban J connectivity index is 1.89. The van der Waals surface area contributed by atoms with Crippen LogP contribution in [0.1, 0.15) is 30.7 Å². The van der Waals surface area contributed by atoms with Gasteiger partial charge in [-0.25, -0.2) is 4.98 Å². The van der Waals surface area contributed by atoms with Crippen molar-refractivity contribution in [3.63, 3.8) is 0 Å². The molecule has 5 heteroatoms. The van der Waals surface area contributed by atoms with Crippen molar-refractivity contribution in [1.29, 1.82) is 0 Å². The van der Waals surface area contributed by atoms with Crippen molar-refractivity contribution in [2.45, 2.75) is 32.7 Å². The molecule has 0 bridgehead atoms. The minimum Gasteiger partial charge on any atom is -0.375 e. The zero-order chi connectivity index (χ0) is 12.5. The second-order valence-electron chi connectivity index (χ2n) is 4.92. The molecular formula is C13H17N3O2. The molecule has 0 radical (unpaired) electrons. The lowest BCUT2D eigenvalue weighted by Crippen LogP contribution is -2.30. The van der Waals surface area contributed by atoms with Gasteiger partial charge in [0.05, 0.1) is 5.69 Å². The van der Waals surface area contributed by atoms with Crippen molar-refractivity contribution in [2.24, 2.45) is 0 Å². The molecule has 0 unspecified atom stereocenters. The van der Waals surface area contributed by atoms with Crippen LogP contribution in [0.5, 0.6) is 0 Å². The molecule has 0 saturated carbocycles. The summed E-state index contributed by atoms with van der Waals surface area (Å²) in [7, 11) is 0. The van der Waals surface area contributed by atoms with Gasteiger partial charge in [-0.05, 0) is 32.9 Å². The first-order valence-corrected chi connectivity index (χ1v) is 6.44. The van der Waals surface area contributed by atoms with Crippen LogP contribution in [-0.4, -0.2) is 27.5 Å². The van der Waals surface area contributed by atoms with Crippen LogP contribution in [0.3, 0.4) is 0 Å². The number of fused-ring (bicyclic) bond motifs is 1. The van der Waals surface area contributed by atoms with Gasteiger partial charge in [-0.1, -0.05) is 6.42 Å². The van der Waals surface area contributed by atoms with Gasteiger partial charge < -0.3 is 4.52 Å². The van der Waals surface area contributed by atoms with E-state index in [1.54, 1.807) is 12.1 Å². The van der Waals surface area contributed by atoms with Gasteiger partial charge in [-0.3, -0.25) is 9.69 Å². The van der Waals surface area contributed by atoms with Crippen molar-refractivity contribution in [3.8, 4) is 0 Å². The minimum absolute atomic E-state index is 0.139. The van der Waals surface area contributed by atoms with E-state index in [9.17, 15) is 4.79 Å². The molecule has 5 nitrogen and oxygen atoms in total. The summed E-state index contributed by atoms with van der Waals surface area (Å²) in [6.45, 7) is 4.78. The van der Waals surface area contributed by atoms with E-state index in [1.807, 2.05) is 6.92 Å². The average molecular weight is 247 g/mol. The molecule has 18 heavy (non-hydrogen) atoms. The molecule has 2 aromatic heterocycles. The summed E-state index contributed by atoms with van der Waals surface area (Å²) in [5, 5.41) is 0. The standard InChI is InChI=1S/C13H17N3O2/c1-10-7-12-14-11(8-13(17)16(12)18-10)9-15-5-3-2-4-6-15/h7-8H,2-6,9H2,1H3. The number of hydrogen-bond acceptors (Lipinski definition) is 4. The van der Waals surface area contributed by atoms with Crippen LogP contribution in [0.4, 0.5) is 0 Å². The first-order valence-electron chi connectivity index (χ1n) is 6.44. The summed E-state index contributed by atoms with van der Waals surface area (Å²) >= 11 is 0. The van der Waals surface area contributed by atoms with E-state index in [0.717, 1.165) is 25.3 Å². The summed E-state index contributed by atoms with van der Waals surface area (Å²) < 4.78 is 6.52. The van der Waals surface area contributed by atoms with Crippen molar-refractivity contribution < 1.29 is 4.52 Å². The number of rotatable bonds is 2. The van der Waals surface area contributed by atoms with Gasteiger partial charge in [0.2, 0.25) is 0 Å². The molecule has 0 spiro atoms. The highest BCUT2D eigenvalue weighted by Gasteiger charge is 2.13. The van der Waals surface area contributed by atoms with Gasteiger partial charge >= 0.3 is 0 Å². The monoisotopic (exact) mass is 247 g/mol. The molecule has 3 rings (SSSR count). The zero-order valence-electron chi connectivity index (χ0n) is 10.6. The Morgan fingerprint density at radius 3 is 2.83 bits per heavy atom. The molecular weight excluding hydrogens is 230 g/mol. The van der Waals surface area contributed by atoms with E-state index >= 15 is 0 Å². The molecule has 1 aliphatic heterocycles. The van der Waals surface area contributed by atoms with E-state index < -0.39 is 0 Å². The van der Waals surface area contributed by atoms with Crippen molar-refractivity contribution in [1.82, 2.24) is 14.5 Å².